The summed E-state index contributed by atoms with van der Waals surface area (Å²) in [6, 6.07) is 25.7. The standard InChI is InChI=1S/C23H26N2O.2ClH/c1-3-7-19(8-4-1)18-25-15-13-21(14-16-25)24-17-22-11-12-23(26-22)20-9-5-2-6-10-20;;/h1-12,21,24H,13-18H2;2*1H. The van der Waals surface area contributed by atoms with Gasteiger partial charge in [-0.2, -0.15) is 0 Å². The Bertz CT molecular complexity index is 800. The van der Waals surface area contributed by atoms with Gasteiger partial charge in [0, 0.05) is 18.2 Å². The van der Waals surface area contributed by atoms with Crippen LogP contribution < -0.4 is 5.32 Å². The van der Waals surface area contributed by atoms with Gasteiger partial charge in [-0.15, -0.1) is 24.8 Å². The first-order valence-electron chi connectivity index (χ1n) is 9.50. The monoisotopic (exact) mass is 418 g/mol. The average molecular weight is 419 g/mol. The smallest absolute Gasteiger partial charge is 0.134 e. The number of likely N-dealkylation sites (tertiary alicyclic amines) is 1. The molecule has 1 saturated heterocycles. The number of nitrogens with one attached hydrogen (secondary N) is 1. The summed E-state index contributed by atoms with van der Waals surface area (Å²) in [6.07, 6.45) is 2.39. The summed E-state index contributed by atoms with van der Waals surface area (Å²) >= 11 is 0. The van der Waals surface area contributed by atoms with Crippen molar-refractivity contribution in [1.82, 2.24) is 10.2 Å². The van der Waals surface area contributed by atoms with Crippen LogP contribution in [0.3, 0.4) is 0 Å². The van der Waals surface area contributed by atoms with Crippen LogP contribution in [-0.4, -0.2) is 24.0 Å². The van der Waals surface area contributed by atoms with Crippen molar-refractivity contribution in [3.63, 3.8) is 0 Å². The maximum atomic E-state index is 5.99. The van der Waals surface area contributed by atoms with Crippen molar-refractivity contribution in [1.29, 1.82) is 0 Å². The molecule has 2 heterocycles. The molecule has 28 heavy (non-hydrogen) atoms. The summed E-state index contributed by atoms with van der Waals surface area (Å²) in [7, 11) is 0. The zero-order chi connectivity index (χ0) is 17.6. The Labute approximate surface area is 180 Å². The van der Waals surface area contributed by atoms with Crippen molar-refractivity contribution < 1.29 is 4.42 Å². The molecule has 2 aromatic carbocycles. The van der Waals surface area contributed by atoms with E-state index in [2.05, 4.69) is 64.8 Å². The van der Waals surface area contributed by atoms with E-state index in [1.54, 1.807) is 0 Å². The normalized spacial score (nSPS) is 14.9. The molecule has 0 atom stereocenters. The SMILES string of the molecule is Cl.Cl.c1ccc(CN2CCC(NCc3ccc(-c4ccccc4)o3)CC2)cc1. The molecule has 0 aliphatic carbocycles. The molecular weight excluding hydrogens is 391 g/mol. The van der Waals surface area contributed by atoms with Crippen molar-refractivity contribution >= 4 is 24.8 Å². The van der Waals surface area contributed by atoms with Gasteiger partial charge in [0.2, 0.25) is 0 Å². The molecule has 1 aromatic heterocycles. The molecule has 0 unspecified atom stereocenters. The summed E-state index contributed by atoms with van der Waals surface area (Å²) < 4.78 is 5.99. The molecule has 150 valence electrons. The molecule has 0 radical (unpaired) electrons. The highest BCUT2D eigenvalue weighted by molar-refractivity contribution is 5.85. The van der Waals surface area contributed by atoms with Gasteiger partial charge in [-0.25, -0.2) is 0 Å². The van der Waals surface area contributed by atoms with Crippen LogP contribution in [0.2, 0.25) is 0 Å². The van der Waals surface area contributed by atoms with Gasteiger partial charge in [-0.3, -0.25) is 4.90 Å². The fourth-order valence-electron chi connectivity index (χ4n) is 3.61. The molecule has 3 aromatic rings. The number of hydrogen-bond acceptors (Lipinski definition) is 3. The number of piperidine rings is 1. The van der Waals surface area contributed by atoms with E-state index in [1.165, 1.54) is 18.4 Å². The molecule has 0 saturated carbocycles. The minimum atomic E-state index is 0. The Kier molecular flexibility index (Phi) is 9.07. The summed E-state index contributed by atoms with van der Waals surface area (Å²) in [5, 5.41) is 3.67. The average Bonchev–Trinajstić information content (AvgIpc) is 3.18. The maximum absolute atomic E-state index is 5.99. The third-order valence-corrected chi connectivity index (χ3v) is 5.12. The second-order valence-electron chi connectivity index (χ2n) is 7.05. The molecule has 1 aliphatic heterocycles. The van der Waals surface area contributed by atoms with E-state index < -0.39 is 0 Å². The van der Waals surface area contributed by atoms with Gasteiger partial charge in [0.15, 0.2) is 0 Å². The fourth-order valence-corrected chi connectivity index (χ4v) is 3.61. The lowest BCUT2D eigenvalue weighted by Crippen LogP contribution is -2.41. The Morgan fingerprint density at radius 3 is 2.14 bits per heavy atom. The highest BCUT2D eigenvalue weighted by Crippen LogP contribution is 2.22. The maximum Gasteiger partial charge on any atom is 0.134 e. The van der Waals surface area contributed by atoms with Gasteiger partial charge >= 0.3 is 0 Å². The van der Waals surface area contributed by atoms with Crippen molar-refractivity contribution in [3.05, 3.63) is 84.1 Å². The van der Waals surface area contributed by atoms with Crippen LogP contribution in [0.15, 0.2) is 77.2 Å². The summed E-state index contributed by atoms with van der Waals surface area (Å²) in [4.78, 5) is 2.55. The highest BCUT2D eigenvalue weighted by atomic mass is 35.5. The second-order valence-corrected chi connectivity index (χ2v) is 7.05. The van der Waals surface area contributed by atoms with Gasteiger partial charge in [0.05, 0.1) is 6.54 Å². The first-order chi connectivity index (χ1) is 12.9. The van der Waals surface area contributed by atoms with Crippen molar-refractivity contribution in [3.8, 4) is 11.3 Å². The van der Waals surface area contributed by atoms with Gasteiger partial charge < -0.3 is 9.73 Å². The lowest BCUT2D eigenvalue weighted by molar-refractivity contribution is 0.189. The molecule has 1 fully saturated rings. The lowest BCUT2D eigenvalue weighted by atomic mass is 10.0. The van der Waals surface area contributed by atoms with Crippen LogP contribution in [0.1, 0.15) is 24.2 Å². The van der Waals surface area contributed by atoms with E-state index in [-0.39, 0.29) is 24.8 Å². The van der Waals surface area contributed by atoms with Gasteiger partial charge in [-0.1, -0.05) is 60.7 Å². The Hall–Kier alpha value is -1.78. The molecule has 0 bridgehead atoms. The van der Waals surface area contributed by atoms with Crippen molar-refractivity contribution in [2.45, 2.75) is 32.0 Å². The molecule has 1 N–H and O–H groups in total. The fraction of sp³-hybridized carbons (Fsp3) is 0.304. The number of benzene rings is 2. The largest absolute Gasteiger partial charge is 0.460 e. The number of hydrogen-bond donors (Lipinski definition) is 1. The van der Waals surface area contributed by atoms with Crippen molar-refractivity contribution in [2.75, 3.05) is 13.1 Å². The van der Waals surface area contributed by atoms with E-state index in [0.29, 0.717) is 6.04 Å². The zero-order valence-corrected chi connectivity index (χ0v) is 17.6. The summed E-state index contributed by atoms with van der Waals surface area (Å²) in [5.74, 6) is 1.95. The van der Waals surface area contributed by atoms with Crippen LogP contribution in [-0.2, 0) is 13.1 Å². The van der Waals surface area contributed by atoms with E-state index >= 15 is 0 Å². The zero-order valence-electron chi connectivity index (χ0n) is 15.9. The second kappa shape index (κ2) is 11.3. The molecule has 0 spiro atoms. The van der Waals surface area contributed by atoms with Gasteiger partial charge in [0.25, 0.3) is 0 Å². The molecule has 0 amide bonds. The molecule has 4 rings (SSSR count). The Morgan fingerprint density at radius 1 is 0.821 bits per heavy atom. The minimum Gasteiger partial charge on any atom is -0.460 e. The van der Waals surface area contributed by atoms with Crippen LogP contribution in [0.25, 0.3) is 11.3 Å². The molecular formula is C23H28Cl2N2O. The summed E-state index contributed by atoms with van der Waals surface area (Å²) in [5.41, 5.74) is 2.54. The first-order valence-corrected chi connectivity index (χ1v) is 9.50. The summed E-state index contributed by atoms with van der Waals surface area (Å²) in [6.45, 7) is 4.17. The van der Waals surface area contributed by atoms with Crippen LogP contribution >= 0.6 is 24.8 Å². The first kappa shape index (κ1) is 22.5. The van der Waals surface area contributed by atoms with Crippen LogP contribution in [0.5, 0.6) is 0 Å². The number of furan rings is 1. The minimum absolute atomic E-state index is 0. The van der Waals surface area contributed by atoms with E-state index in [1.807, 2.05) is 18.2 Å². The lowest BCUT2D eigenvalue weighted by Gasteiger charge is -2.32. The third-order valence-electron chi connectivity index (χ3n) is 5.12. The number of halogens is 2. The highest BCUT2D eigenvalue weighted by Gasteiger charge is 2.19. The van der Waals surface area contributed by atoms with Crippen LogP contribution in [0.4, 0.5) is 0 Å². The molecule has 3 nitrogen and oxygen atoms in total. The quantitative estimate of drug-likeness (QED) is 0.568. The topological polar surface area (TPSA) is 28.4 Å². The molecule has 5 heteroatoms. The number of nitrogens with zero attached hydrogens (tertiary/aromatic N) is 1. The van der Waals surface area contributed by atoms with E-state index in [9.17, 15) is 0 Å². The Morgan fingerprint density at radius 2 is 1.46 bits per heavy atom. The molecule has 1 aliphatic rings. The van der Waals surface area contributed by atoms with Crippen LogP contribution in [0, 0.1) is 0 Å². The van der Waals surface area contributed by atoms with E-state index in [0.717, 1.165) is 43.3 Å². The van der Waals surface area contributed by atoms with Gasteiger partial charge in [0.1, 0.15) is 11.5 Å². The Balaban J connectivity index is 0.00000140. The third kappa shape index (κ3) is 6.11. The predicted octanol–water partition coefficient (Wildman–Crippen LogP) is 5.54. The van der Waals surface area contributed by atoms with E-state index in [4.69, 9.17) is 4.42 Å². The van der Waals surface area contributed by atoms with Crippen molar-refractivity contribution in [2.24, 2.45) is 0 Å². The number of rotatable bonds is 6. The van der Waals surface area contributed by atoms with Gasteiger partial charge in [-0.05, 0) is 43.6 Å². The predicted molar refractivity (Wildman–Crippen MR) is 120 cm³/mol.